The fourth-order valence-corrected chi connectivity index (χ4v) is 5.93. The van der Waals surface area contributed by atoms with Crippen LogP contribution in [0.5, 0.6) is 0 Å². The third kappa shape index (κ3) is 1.99. The summed E-state index contributed by atoms with van der Waals surface area (Å²) < 4.78 is 0. The lowest BCUT2D eigenvalue weighted by atomic mass is 9.69. The van der Waals surface area contributed by atoms with Gasteiger partial charge >= 0.3 is 0 Å². The minimum absolute atomic E-state index is 0.113. The van der Waals surface area contributed by atoms with Gasteiger partial charge in [0.2, 0.25) is 0 Å². The Bertz CT molecular complexity index is 547. The highest BCUT2D eigenvalue weighted by Gasteiger charge is 2.52. The van der Waals surface area contributed by atoms with Crippen LogP contribution in [0.25, 0.3) is 0 Å². The molecular weight excluding hydrogens is 292 g/mol. The van der Waals surface area contributed by atoms with Gasteiger partial charge < -0.3 is 0 Å². The first-order valence-electron chi connectivity index (χ1n) is 6.62. The first-order valence-corrected chi connectivity index (χ1v) is 8.38. The summed E-state index contributed by atoms with van der Waals surface area (Å²) in [5.41, 5.74) is 0. The van der Waals surface area contributed by atoms with Crippen molar-refractivity contribution in [3.63, 3.8) is 0 Å². The lowest BCUT2D eigenvalue weighted by Gasteiger charge is -2.42. The zero-order valence-electron chi connectivity index (χ0n) is 10.7. The summed E-state index contributed by atoms with van der Waals surface area (Å²) in [5.74, 6) is -0.0913. The minimum Gasteiger partial charge on any atom is -0.298 e. The predicted molar refractivity (Wildman–Crippen MR) is 76.5 cm³/mol. The number of hydrogen-bond acceptors (Lipinski definition) is 6. The number of allylic oxidation sites excluding steroid dienone is 2. The molecule has 4 unspecified atom stereocenters. The van der Waals surface area contributed by atoms with Crippen molar-refractivity contribution in [2.24, 2.45) is 11.8 Å². The molecule has 0 aromatic heterocycles. The van der Waals surface area contributed by atoms with Crippen molar-refractivity contribution < 1.29 is 9.59 Å². The Morgan fingerprint density at radius 2 is 1.25 bits per heavy atom. The Morgan fingerprint density at radius 3 is 1.60 bits per heavy atom. The topological polar surface area (TPSA) is 81.7 Å². The lowest BCUT2D eigenvalue weighted by molar-refractivity contribution is -0.138. The number of carbonyl (C=O) groups excluding carboxylic acids is 2. The van der Waals surface area contributed by atoms with Crippen LogP contribution in [-0.2, 0) is 9.59 Å². The number of thioether (sulfide) groups is 2. The third-order valence-electron chi connectivity index (χ3n) is 4.23. The molecule has 1 aliphatic heterocycles. The number of rotatable bonds is 0. The molecular formula is C14H12N2O2S2. The Hall–Kier alpha value is -1.24. The van der Waals surface area contributed by atoms with Crippen LogP contribution in [0.2, 0.25) is 0 Å². The number of Topliss-reactive ketones (excluding diaryl/α,β-unsaturated/α-hetero) is 2. The third-order valence-corrected chi connectivity index (χ3v) is 7.11. The van der Waals surface area contributed by atoms with Crippen molar-refractivity contribution >= 4 is 35.1 Å². The van der Waals surface area contributed by atoms with E-state index in [4.69, 9.17) is 10.5 Å². The maximum absolute atomic E-state index is 12.6. The average Bonchev–Trinajstić information content (AvgIpc) is 2.51. The molecule has 0 N–H and O–H groups in total. The number of fused-ring (bicyclic) bond motifs is 2. The number of nitriles is 2. The van der Waals surface area contributed by atoms with E-state index >= 15 is 0 Å². The standard InChI is InChI=1S/C14H12N2O2S2/c15-5-9-10(6-16)20-14-12(18)8-4-2-1-3-7(8)11(17)13(14)19-9/h7-8,13-14H,1-4H2. The van der Waals surface area contributed by atoms with Crippen molar-refractivity contribution in [3.8, 4) is 12.1 Å². The SMILES string of the molecule is N#CC1=C(C#N)SC2C(=O)C3CCCCC3C(=O)C2S1. The maximum Gasteiger partial charge on any atom is 0.151 e. The van der Waals surface area contributed by atoms with Crippen LogP contribution in [0.15, 0.2) is 9.81 Å². The molecule has 0 aromatic rings. The smallest absolute Gasteiger partial charge is 0.151 e. The normalized spacial score (nSPS) is 36.7. The number of carbonyl (C=O) groups is 2. The molecule has 20 heavy (non-hydrogen) atoms. The quantitative estimate of drug-likeness (QED) is 0.683. The van der Waals surface area contributed by atoms with Crippen LogP contribution >= 0.6 is 23.5 Å². The van der Waals surface area contributed by atoms with Crippen molar-refractivity contribution in [2.75, 3.05) is 0 Å². The fraction of sp³-hybridized carbons (Fsp3) is 0.571. The van der Waals surface area contributed by atoms with Gasteiger partial charge in [-0.3, -0.25) is 9.59 Å². The molecule has 0 amide bonds. The Kier molecular flexibility index (Phi) is 3.62. The monoisotopic (exact) mass is 304 g/mol. The summed E-state index contributed by atoms with van der Waals surface area (Å²) in [6, 6.07) is 3.96. The van der Waals surface area contributed by atoms with Crippen molar-refractivity contribution in [3.05, 3.63) is 9.81 Å². The number of nitrogens with zero attached hydrogens (tertiary/aromatic N) is 2. The van der Waals surface area contributed by atoms with Gasteiger partial charge in [0.1, 0.15) is 21.9 Å². The molecule has 2 fully saturated rings. The Balaban J connectivity index is 1.97. The molecule has 4 atom stereocenters. The number of hydrogen-bond donors (Lipinski definition) is 0. The Labute approximate surface area is 125 Å². The van der Waals surface area contributed by atoms with E-state index in [9.17, 15) is 9.59 Å². The molecule has 0 radical (unpaired) electrons. The molecule has 3 rings (SSSR count). The highest BCUT2D eigenvalue weighted by atomic mass is 32.2. The second kappa shape index (κ2) is 5.27. The number of ketones is 2. The molecule has 0 bridgehead atoms. The summed E-state index contributed by atoms with van der Waals surface area (Å²) in [4.78, 5) is 25.8. The van der Waals surface area contributed by atoms with E-state index in [2.05, 4.69) is 0 Å². The van der Waals surface area contributed by atoms with E-state index in [1.807, 2.05) is 12.1 Å². The fourth-order valence-electron chi connectivity index (χ4n) is 3.29. The second-order valence-electron chi connectivity index (χ2n) is 5.26. The molecule has 2 saturated carbocycles. The zero-order valence-corrected chi connectivity index (χ0v) is 12.3. The van der Waals surface area contributed by atoms with E-state index in [0.29, 0.717) is 0 Å². The van der Waals surface area contributed by atoms with E-state index < -0.39 is 10.5 Å². The van der Waals surface area contributed by atoms with E-state index in [0.717, 1.165) is 49.2 Å². The van der Waals surface area contributed by atoms with Crippen molar-refractivity contribution in [1.29, 1.82) is 10.5 Å². The van der Waals surface area contributed by atoms with Crippen LogP contribution in [0, 0.1) is 34.5 Å². The molecule has 1 heterocycles. The first-order chi connectivity index (χ1) is 9.67. The van der Waals surface area contributed by atoms with Crippen molar-refractivity contribution in [2.45, 2.75) is 36.2 Å². The van der Waals surface area contributed by atoms with E-state index in [-0.39, 0.29) is 33.2 Å². The van der Waals surface area contributed by atoms with Crippen molar-refractivity contribution in [1.82, 2.24) is 0 Å². The summed E-state index contributed by atoms with van der Waals surface area (Å²) in [5, 5.41) is 17.2. The van der Waals surface area contributed by atoms with Gasteiger partial charge in [-0.25, -0.2) is 0 Å². The highest BCUT2D eigenvalue weighted by molar-refractivity contribution is 8.12. The van der Waals surface area contributed by atoms with Gasteiger partial charge in [0.05, 0.1) is 10.5 Å². The molecule has 102 valence electrons. The zero-order chi connectivity index (χ0) is 14.3. The summed E-state index contributed by atoms with van der Waals surface area (Å²) in [7, 11) is 0. The van der Waals surface area contributed by atoms with Crippen LogP contribution in [0.4, 0.5) is 0 Å². The average molecular weight is 304 g/mol. The van der Waals surface area contributed by atoms with Crippen LogP contribution in [-0.4, -0.2) is 22.1 Å². The van der Waals surface area contributed by atoms with Crippen LogP contribution in [0.3, 0.4) is 0 Å². The molecule has 0 spiro atoms. The van der Waals surface area contributed by atoms with Gasteiger partial charge in [0, 0.05) is 11.8 Å². The van der Waals surface area contributed by atoms with Crippen LogP contribution in [0.1, 0.15) is 25.7 Å². The lowest BCUT2D eigenvalue weighted by Crippen LogP contribution is -2.52. The molecule has 0 saturated heterocycles. The molecule has 6 heteroatoms. The summed E-state index contributed by atoms with van der Waals surface area (Å²) >= 11 is 2.24. The van der Waals surface area contributed by atoms with Gasteiger partial charge in [-0.2, -0.15) is 10.5 Å². The van der Waals surface area contributed by atoms with Gasteiger partial charge in [-0.1, -0.05) is 12.8 Å². The van der Waals surface area contributed by atoms with Gasteiger partial charge in [0.25, 0.3) is 0 Å². The van der Waals surface area contributed by atoms with Gasteiger partial charge in [0.15, 0.2) is 11.6 Å². The molecule has 2 aliphatic carbocycles. The Morgan fingerprint density at radius 1 is 0.850 bits per heavy atom. The van der Waals surface area contributed by atoms with Gasteiger partial charge in [-0.15, -0.1) is 23.5 Å². The van der Waals surface area contributed by atoms with E-state index in [1.165, 1.54) is 0 Å². The summed E-state index contributed by atoms with van der Waals surface area (Å²) in [6.07, 6.45) is 3.58. The predicted octanol–water partition coefficient (Wildman–Crippen LogP) is 2.42. The largest absolute Gasteiger partial charge is 0.298 e. The maximum atomic E-state index is 12.6. The molecule has 0 aromatic carbocycles. The molecule has 3 aliphatic rings. The van der Waals surface area contributed by atoms with Crippen LogP contribution < -0.4 is 0 Å². The highest BCUT2D eigenvalue weighted by Crippen LogP contribution is 2.50. The molecule has 4 nitrogen and oxygen atoms in total. The second-order valence-corrected chi connectivity index (χ2v) is 7.56. The minimum atomic E-state index is -0.474. The van der Waals surface area contributed by atoms with Gasteiger partial charge in [-0.05, 0) is 12.8 Å². The first kappa shape index (κ1) is 13.7. The van der Waals surface area contributed by atoms with E-state index in [1.54, 1.807) is 0 Å². The summed E-state index contributed by atoms with van der Waals surface area (Å²) in [6.45, 7) is 0.